The Hall–Kier alpha value is -2.92. The van der Waals surface area contributed by atoms with E-state index in [0.717, 1.165) is 34.0 Å². The minimum Gasteiger partial charge on any atom is -0.406 e. The van der Waals surface area contributed by atoms with Crippen LogP contribution in [0.25, 0.3) is 11.3 Å². The van der Waals surface area contributed by atoms with Crippen LogP contribution in [0.4, 0.5) is 13.2 Å². The largest absolute Gasteiger partial charge is 0.573 e. The minimum atomic E-state index is -4.93. The number of hydrogen-bond acceptors (Lipinski definition) is 6. The highest BCUT2D eigenvalue weighted by Crippen LogP contribution is 2.37. The summed E-state index contributed by atoms with van der Waals surface area (Å²) in [4.78, 5) is 17.5. The van der Waals surface area contributed by atoms with E-state index in [2.05, 4.69) is 9.72 Å². The average molecular weight is 511 g/mol. The topological polar surface area (TPSA) is 76.6 Å². The summed E-state index contributed by atoms with van der Waals surface area (Å²) < 4.78 is 68.3. The van der Waals surface area contributed by atoms with Crippen LogP contribution in [0.2, 0.25) is 0 Å². The van der Waals surface area contributed by atoms with Gasteiger partial charge in [-0.3, -0.25) is 4.79 Å². The van der Waals surface area contributed by atoms with Crippen molar-refractivity contribution < 1.29 is 31.1 Å². The maximum absolute atomic E-state index is 13.3. The normalized spacial score (nSPS) is 19.1. The summed E-state index contributed by atoms with van der Waals surface area (Å²) in [6.07, 6.45) is -3.94. The molecule has 2 heterocycles. The zero-order valence-electron chi connectivity index (χ0n) is 18.0. The predicted octanol–water partition coefficient (Wildman–Crippen LogP) is 5.15. The summed E-state index contributed by atoms with van der Waals surface area (Å²) in [5.41, 5.74) is 2.42. The van der Waals surface area contributed by atoms with Crippen LogP contribution in [0.5, 0.6) is 5.75 Å². The SMILES string of the molecule is Cc1nc(-c2cccc(C3CC(S(=O)(=O)c4cccc(OC(F)(F)F)c4)CCN3C=O)c2)cs1. The Balaban J connectivity index is 1.63. The number of halogens is 3. The van der Waals surface area contributed by atoms with Crippen molar-refractivity contribution in [2.24, 2.45) is 0 Å². The number of thiazole rings is 1. The lowest BCUT2D eigenvalue weighted by Gasteiger charge is -2.37. The lowest BCUT2D eigenvalue weighted by atomic mass is 9.94. The summed E-state index contributed by atoms with van der Waals surface area (Å²) in [5.74, 6) is -0.596. The average Bonchev–Trinajstić information content (AvgIpc) is 3.24. The minimum absolute atomic E-state index is 0.116. The zero-order chi connectivity index (χ0) is 24.5. The highest BCUT2D eigenvalue weighted by atomic mass is 32.2. The standard InChI is InChI=1S/C23H21F3N2O4S2/c1-15-27-21(13-33-15)16-4-2-5-17(10-16)22-12-20(8-9-28(22)14-29)34(30,31)19-7-3-6-18(11-19)32-23(24,25)26/h2-7,10-11,13-14,20,22H,8-9,12H2,1H3. The van der Waals surface area contributed by atoms with E-state index in [1.54, 1.807) is 4.90 Å². The van der Waals surface area contributed by atoms with Crippen LogP contribution >= 0.6 is 11.3 Å². The molecule has 0 aliphatic carbocycles. The number of nitrogens with zero attached hydrogens (tertiary/aromatic N) is 2. The summed E-state index contributed by atoms with van der Waals surface area (Å²) in [7, 11) is -3.97. The number of sulfone groups is 1. The lowest BCUT2D eigenvalue weighted by molar-refractivity contribution is -0.274. The Bertz CT molecular complexity index is 1290. The third-order valence-electron chi connectivity index (χ3n) is 5.72. The van der Waals surface area contributed by atoms with Gasteiger partial charge >= 0.3 is 6.36 Å². The van der Waals surface area contributed by atoms with Crippen molar-refractivity contribution in [1.82, 2.24) is 9.88 Å². The van der Waals surface area contributed by atoms with Crippen molar-refractivity contribution in [3.05, 3.63) is 64.5 Å². The molecule has 0 saturated carbocycles. The second kappa shape index (κ2) is 9.38. The summed E-state index contributed by atoms with van der Waals surface area (Å²) >= 11 is 1.51. The van der Waals surface area contributed by atoms with Gasteiger partial charge in [-0.1, -0.05) is 24.3 Å². The molecule has 6 nitrogen and oxygen atoms in total. The van der Waals surface area contributed by atoms with Crippen LogP contribution in [0.15, 0.2) is 58.8 Å². The molecule has 1 amide bonds. The first-order valence-corrected chi connectivity index (χ1v) is 12.8. The fraction of sp³-hybridized carbons (Fsp3) is 0.304. The quantitative estimate of drug-likeness (QED) is 0.429. The van der Waals surface area contributed by atoms with Crippen molar-refractivity contribution in [1.29, 1.82) is 0 Å². The van der Waals surface area contributed by atoms with E-state index in [0.29, 0.717) is 6.41 Å². The van der Waals surface area contributed by atoms with E-state index in [9.17, 15) is 26.4 Å². The van der Waals surface area contributed by atoms with Crippen LogP contribution in [0.1, 0.15) is 29.5 Å². The molecule has 2 unspecified atom stereocenters. The molecule has 4 rings (SSSR count). The summed E-state index contributed by atoms with van der Waals surface area (Å²) in [6, 6.07) is 11.4. The molecule has 0 radical (unpaired) electrons. The van der Waals surface area contributed by atoms with Crippen LogP contribution in [0.3, 0.4) is 0 Å². The molecule has 1 fully saturated rings. The highest BCUT2D eigenvalue weighted by Gasteiger charge is 2.38. The third-order valence-corrected chi connectivity index (χ3v) is 8.71. The Morgan fingerprint density at radius 1 is 1.18 bits per heavy atom. The molecule has 2 atom stereocenters. The molecular weight excluding hydrogens is 489 g/mol. The molecule has 1 aliphatic heterocycles. The van der Waals surface area contributed by atoms with Crippen LogP contribution < -0.4 is 4.74 Å². The molecule has 1 saturated heterocycles. The number of rotatable bonds is 6. The number of piperidine rings is 1. The number of aromatic nitrogens is 1. The van der Waals surface area contributed by atoms with E-state index in [4.69, 9.17) is 0 Å². The molecule has 0 spiro atoms. The smallest absolute Gasteiger partial charge is 0.406 e. The number of ether oxygens (including phenoxy) is 1. The van der Waals surface area contributed by atoms with Gasteiger partial charge in [-0.15, -0.1) is 24.5 Å². The number of hydrogen-bond donors (Lipinski definition) is 0. The summed E-state index contributed by atoms with van der Waals surface area (Å²) in [6.45, 7) is 2.11. The molecule has 1 aromatic heterocycles. The Morgan fingerprint density at radius 2 is 1.94 bits per heavy atom. The molecule has 0 N–H and O–H groups in total. The Kier molecular flexibility index (Phi) is 6.68. The molecule has 1 aliphatic rings. The molecule has 3 aromatic rings. The highest BCUT2D eigenvalue weighted by molar-refractivity contribution is 7.92. The van der Waals surface area contributed by atoms with Gasteiger partial charge < -0.3 is 9.64 Å². The van der Waals surface area contributed by atoms with Gasteiger partial charge in [0.05, 0.1) is 26.9 Å². The van der Waals surface area contributed by atoms with Crippen molar-refractivity contribution in [2.75, 3.05) is 6.54 Å². The number of aryl methyl sites for hydroxylation is 1. The molecule has 11 heteroatoms. The van der Waals surface area contributed by atoms with Gasteiger partial charge in [0, 0.05) is 17.5 Å². The second-order valence-corrected chi connectivity index (χ2v) is 11.2. The van der Waals surface area contributed by atoms with Gasteiger partial charge in [0.1, 0.15) is 5.75 Å². The number of carbonyl (C=O) groups is 1. The first-order chi connectivity index (χ1) is 16.1. The van der Waals surface area contributed by atoms with Crippen LogP contribution in [-0.4, -0.2) is 42.9 Å². The van der Waals surface area contributed by atoms with Gasteiger partial charge in [-0.2, -0.15) is 0 Å². The maximum Gasteiger partial charge on any atom is 0.573 e. The first-order valence-electron chi connectivity index (χ1n) is 10.4. The molecule has 180 valence electrons. The van der Waals surface area contributed by atoms with E-state index in [1.807, 2.05) is 36.6 Å². The maximum atomic E-state index is 13.3. The van der Waals surface area contributed by atoms with Crippen molar-refractivity contribution in [2.45, 2.75) is 42.3 Å². The molecule has 0 bridgehead atoms. The number of carbonyl (C=O) groups excluding carboxylic acids is 1. The van der Waals surface area contributed by atoms with E-state index in [-0.39, 0.29) is 24.3 Å². The second-order valence-electron chi connectivity index (χ2n) is 7.95. The zero-order valence-corrected chi connectivity index (χ0v) is 19.7. The van der Waals surface area contributed by atoms with Crippen molar-refractivity contribution >= 4 is 27.6 Å². The number of alkyl halides is 3. The molecule has 34 heavy (non-hydrogen) atoms. The first kappa shape index (κ1) is 24.2. The van der Waals surface area contributed by atoms with Crippen molar-refractivity contribution in [3.63, 3.8) is 0 Å². The number of benzene rings is 2. The van der Waals surface area contributed by atoms with Gasteiger partial charge in [0.25, 0.3) is 0 Å². The fourth-order valence-corrected chi connectivity index (χ4v) is 6.54. The lowest BCUT2D eigenvalue weighted by Crippen LogP contribution is -2.41. The van der Waals surface area contributed by atoms with Crippen LogP contribution in [0, 0.1) is 6.92 Å². The monoisotopic (exact) mass is 510 g/mol. The van der Waals surface area contributed by atoms with E-state index < -0.39 is 33.2 Å². The van der Waals surface area contributed by atoms with E-state index in [1.165, 1.54) is 23.5 Å². The van der Waals surface area contributed by atoms with Gasteiger partial charge in [-0.25, -0.2) is 13.4 Å². The third kappa shape index (κ3) is 5.25. The van der Waals surface area contributed by atoms with Gasteiger partial charge in [0.15, 0.2) is 9.84 Å². The Morgan fingerprint density at radius 3 is 2.62 bits per heavy atom. The van der Waals surface area contributed by atoms with Gasteiger partial charge in [-0.05, 0) is 49.6 Å². The molecule has 2 aromatic carbocycles. The van der Waals surface area contributed by atoms with E-state index >= 15 is 0 Å². The fourth-order valence-electron chi connectivity index (χ4n) is 4.13. The number of likely N-dealkylation sites (tertiary alicyclic amines) is 1. The Labute approximate surface area is 198 Å². The van der Waals surface area contributed by atoms with Crippen LogP contribution in [-0.2, 0) is 14.6 Å². The number of amides is 1. The summed E-state index contributed by atoms with van der Waals surface area (Å²) in [5, 5.41) is 1.96. The predicted molar refractivity (Wildman–Crippen MR) is 121 cm³/mol. The van der Waals surface area contributed by atoms with Gasteiger partial charge in [0.2, 0.25) is 6.41 Å². The molecular formula is C23H21F3N2O4S2. The van der Waals surface area contributed by atoms with Crippen molar-refractivity contribution in [3.8, 4) is 17.0 Å².